The van der Waals surface area contributed by atoms with Crippen molar-refractivity contribution in [3.63, 3.8) is 0 Å². The molecule has 1 aromatic carbocycles. The van der Waals surface area contributed by atoms with Crippen LogP contribution < -0.4 is 0 Å². The third kappa shape index (κ3) is 2.80. The van der Waals surface area contributed by atoms with Gasteiger partial charge in [-0.15, -0.1) is 11.3 Å². The highest BCUT2D eigenvalue weighted by atomic mass is 35.5. The summed E-state index contributed by atoms with van der Waals surface area (Å²) >= 11 is 7.18. The van der Waals surface area contributed by atoms with Gasteiger partial charge in [-0.3, -0.25) is 14.6 Å². The lowest BCUT2D eigenvalue weighted by Gasteiger charge is -2.10. The highest BCUT2D eigenvalue weighted by Gasteiger charge is 2.32. The Labute approximate surface area is 130 Å². The SMILES string of the molecule is Cc1nc2c(s1)C(=O)CC(=NCc1cccc(Cl)c1)C2=O. The van der Waals surface area contributed by atoms with E-state index in [1.165, 1.54) is 11.3 Å². The van der Waals surface area contributed by atoms with Crippen LogP contribution in [0, 0.1) is 6.92 Å². The number of hydrogen-bond donors (Lipinski definition) is 0. The molecule has 0 saturated heterocycles. The molecule has 0 spiro atoms. The van der Waals surface area contributed by atoms with Crippen LogP contribution in [-0.2, 0) is 6.54 Å². The number of benzene rings is 1. The Balaban J connectivity index is 1.88. The second kappa shape index (κ2) is 5.50. The van der Waals surface area contributed by atoms with Crippen molar-refractivity contribution in [1.82, 2.24) is 4.98 Å². The summed E-state index contributed by atoms with van der Waals surface area (Å²) in [5.41, 5.74) is 1.42. The van der Waals surface area contributed by atoms with Gasteiger partial charge in [0, 0.05) is 5.02 Å². The normalized spacial score (nSPS) is 16.4. The quantitative estimate of drug-likeness (QED) is 0.851. The third-order valence-electron chi connectivity index (χ3n) is 3.13. The van der Waals surface area contributed by atoms with Crippen molar-refractivity contribution in [2.24, 2.45) is 4.99 Å². The molecule has 0 saturated carbocycles. The molecular weight excluding hydrogens is 308 g/mol. The molecule has 0 bridgehead atoms. The molecule has 0 atom stereocenters. The smallest absolute Gasteiger partial charge is 0.227 e. The Morgan fingerprint density at radius 2 is 2.19 bits per heavy atom. The maximum atomic E-state index is 12.3. The number of hydrogen-bond acceptors (Lipinski definition) is 5. The van der Waals surface area contributed by atoms with E-state index in [0.717, 1.165) is 10.6 Å². The molecule has 0 amide bonds. The molecule has 4 nitrogen and oxygen atoms in total. The summed E-state index contributed by atoms with van der Waals surface area (Å²) in [7, 11) is 0. The number of aryl methyl sites for hydroxylation is 1. The van der Waals surface area contributed by atoms with Crippen molar-refractivity contribution in [2.45, 2.75) is 19.9 Å². The van der Waals surface area contributed by atoms with Crippen LogP contribution in [0.5, 0.6) is 0 Å². The minimum Gasteiger partial charge on any atom is -0.293 e. The molecular formula is C15H11ClN2O2S. The van der Waals surface area contributed by atoms with Gasteiger partial charge in [0.25, 0.3) is 0 Å². The van der Waals surface area contributed by atoms with Crippen molar-refractivity contribution >= 4 is 40.2 Å². The zero-order chi connectivity index (χ0) is 15.0. The number of rotatable bonds is 2. The zero-order valence-electron chi connectivity index (χ0n) is 11.2. The minimum absolute atomic E-state index is 0.0496. The van der Waals surface area contributed by atoms with Gasteiger partial charge >= 0.3 is 0 Å². The van der Waals surface area contributed by atoms with E-state index in [9.17, 15) is 9.59 Å². The Kier molecular flexibility index (Phi) is 3.69. The lowest BCUT2D eigenvalue weighted by atomic mass is 9.98. The number of halogens is 1. The molecule has 2 aromatic rings. The maximum absolute atomic E-state index is 12.3. The molecule has 0 unspecified atom stereocenters. The van der Waals surface area contributed by atoms with E-state index in [-0.39, 0.29) is 29.4 Å². The predicted octanol–water partition coefficient (Wildman–Crippen LogP) is 3.52. The Hall–Kier alpha value is -1.85. The summed E-state index contributed by atoms with van der Waals surface area (Å²) in [6.45, 7) is 2.11. The first-order valence-electron chi connectivity index (χ1n) is 6.37. The van der Waals surface area contributed by atoms with Crippen LogP contribution in [0.15, 0.2) is 29.3 Å². The van der Waals surface area contributed by atoms with Gasteiger partial charge in [-0.05, 0) is 24.6 Å². The molecule has 1 aliphatic carbocycles. The number of thiazole rings is 1. The molecule has 0 fully saturated rings. The summed E-state index contributed by atoms with van der Waals surface area (Å²) in [5.74, 6) is -0.323. The van der Waals surface area contributed by atoms with E-state index < -0.39 is 0 Å². The Morgan fingerprint density at radius 1 is 1.38 bits per heavy atom. The highest BCUT2D eigenvalue weighted by Crippen LogP contribution is 2.25. The first-order valence-corrected chi connectivity index (χ1v) is 7.57. The molecule has 1 aliphatic rings. The van der Waals surface area contributed by atoms with E-state index in [2.05, 4.69) is 9.98 Å². The topological polar surface area (TPSA) is 59.4 Å². The van der Waals surface area contributed by atoms with E-state index in [1.54, 1.807) is 19.1 Å². The van der Waals surface area contributed by atoms with Crippen LogP contribution in [0.3, 0.4) is 0 Å². The Morgan fingerprint density at radius 3 is 2.95 bits per heavy atom. The first kappa shape index (κ1) is 14.1. The average molecular weight is 319 g/mol. The van der Waals surface area contributed by atoms with Crippen molar-refractivity contribution < 1.29 is 9.59 Å². The van der Waals surface area contributed by atoms with Gasteiger partial charge in [-0.25, -0.2) is 4.98 Å². The van der Waals surface area contributed by atoms with E-state index in [4.69, 9.17) is 11.6 Å². The van der Waals surface area contributed by atoms with Gasteiger partial charge in [-0.2, -0.15) is 0 Å². The number of ketones is 2. The van der Waals surface area contributed by atoms with Gasteiger partial charge in [0.15, 0.2) is 5.78 Å². The molecule has 1 heterocycles. The summed E-state index contributed by atoms with van der Waals surface area (Å²) in [6.07, 6.45) is 0.0496. The van der Waals surface area contributed by atoms with Crippen LogP contribution in [0.1, 0.15) is 37.2 Å². The molecule has 3 rings (SSSR count). The van der Waals surface area contributed by atoms with Crippen molar-refractivity contribution in [2.75, 3.05) is 0 Å². The third-order valence-corrected chi connectivity index (χ3v) is 4.38. The fourth-order valence-corrected chi connectivity index (χ4v) is 3.24. The molecule has 1 aromatic heterocycles. The molecule has 0 aliphatic heterocycles. The number of carbonyl (C=O) groups is 2. The number of Topliss-reactive ketones (excluding diaryl/α,β-unsaturated/α-hetero) is 2. The average Bonchev–Trinajstić information content (AvgIpc) is 2.84. The number of aromatic nitrogens is 1. The number of nitrogens with zero attached hydrogens (tertiary/aromatic N) is 2. The molecule has 6 heteroatoms. The molecule has 21 heavy (non-hydrogen) atoms. The van der Waals surface area contributed by atoms with Crippen molar-refractivity contribution in [3.8, 4) is 0 Å². The van der Waals surface area contributed by atoms with Gasteiger partial charge in [-0.1, -0.05) is 23.7 Å². The highest BCUT2D eigenvalue weighted by molar-refractivity contribution is 7.14. The zero-order valence-corrected chi connectivity index (χ0v) is 12.8. The van der Waals surface area contributed by atoms with Crippen LogP contribution in [0.4, 0.5) is 0 Å². The van der Waals surface area contributed by atoms with Gasteiger partial charge in [0.2, 0.25) is 5.78 Å². The fourth-order valence-electron chi connectivity index (χ4n) is 2.17. The summed E-state index contributed by atoms with van der Waals surface area (Å²) in [6, 6.07) is 7.27. The molecule has 106 valence electrons. The van der Waals surface area contributed by atoms with Crippen molar-refractivity contribution in [3.05, 3.63) is 50.4 Å². The lowest BCUT2D eigenvalue weighted by Crippen LogP contribution is -2.26. The van der Waals surface area contributed by atoms with Crippen LogP contribution in [0.2, 0.25) is 5.02 Å². The summed E-state index contributed by atoms with van der Waals surface area (Å²) in [4.78, 5) is 33.2. The lowest BCUT2D eigenvalue weighted by molar-refractivity contribution is 0.0966. The summed E-state index contributed by atoms with van der Waals surface area (Å²) in [5, 5.41) is 1.34. The summed E-state index contributed by atoms with van der Waals surface area (Å²) < 4.78 is 0. The Bertz CT molecular complexity index is 780. The molecule has 0 radical (unpaired) electrons. The monoisotopic (exact) mass is 318 g/mol. The van der Waals surface area contributed by atoms with E-state index >= 15 is 0 Å². The maximum Gasteiger partial charge on any atom is 0.227 e. The van der Waals surface area contributed by atoms with E-state index in [1.807, 2.05) is 12.1 Å². The standard InChI is InChI=1S/C15H11ClN2O2S/c1-8-18-13-14(20)11(6-12(19)15(13)21-8)17-7-9-3-2-4-10(16)5-9/h2-5H,6-7H2,1H3. The van der Waals surface area contributed by atoms with Crippen LogP contribution >= 0.6 is 22.9 Å². The second-order valence-corrected chi connectivity index (χ2v) is 6.37. The second-order valence-electron chi connectivity index (χ2n) is 4.73. The number of aliphatic imine (C=N–C) groups is 1. The minimum atomic E-state index is -0.240. The van der Waals surface area contributed by atoms with Crippen LogP contribution in [-0.4, -0.2) is 22.3 Å². The van der Waals surface area contributed by atoms with Crippen molar-refractivity contribution in [1.29, 1.82) is 0 Å². The van der Waals surface area contributed by atoms with Gasteiger partial charge in [0.05, 0.1) is 23.7 Å². The molecule has 0 N–H and O–H groups in total. The van der Waals surface area contributed by atoms with Gasteiger partial charge in [0.1, 0.15) is 10.6 Å². The largest absolute Gasteiger partial charge is 0.293 e. The number of carbonyl (C=O) groups excluding carboxylic acids is 2. The predicted molar refractivity (Wildman–Crippen MR) is 82.7 cm³/mol. The fraction of sp³-hybridized carbons (Fsp3) is 0.200. The first-order chi connectivity index (χ1) is 10.0. The number of fused-ring (bicyclic) bond motifs is 1. The van der Waals surface area contributed by atoms with Crippen LogP contribution in [0.25, 0.3) is 0 Å². The van der Waals surface area contributed by atoms with Gasteiger partial charge < -0.3 is 0 Å². The van der Waals surface area contributed by atoms with E-state index in [0.29, 0.717) is 16.4 Å².